The monoisotopic (exact) mass is 528 g/mol. The van der Waals surface area contributed by atoms with Gasteiger partial charge in [0.1, 0.15) is 6.54 Å². The fourth-order valence-electron chi connectivity index (χ4n) is 4.96. The first-order chi connectivity index (χ1) is 18.0. The molecule has 2 aliphatic heterocycles. The first-order valence-electron chi connectivity index (χ1n) is 12.3. The van der Waals surface area contributed by atoms with E-state index < -0.39 is 36.3 Å². The zero-order valence-electron chi connectivity index (χ0n) is 21.0. The summed E-state index contributed by atoms with van der Waals surface area (Å²) in [6.45, 7) is 2.86. The Morgan fingerprint density at radius 3 is 2.55 bits per heavy atom. The molecular weight excluding hydrogens is 501 g/mol. The number of benzene rings is 1. The van der Waals surface area contributed by atoms with Crippen molar-refractivity contribution < 1.29 is 18.0 Å². The largest absolute Gasteiger partial charge is 0.406 e. The highest BCUT2D eigenvalue weighted by atomic mass is 19.4. The van der Waals surface area contributed by atoms with Crippen molar-refractivity contribution >= 4 is 22.9 Å². The van der Waals surface area contributed by atoms with Gasteiger partial charge in [0.2, 0.25) is 5.95 Å². The zero-order valence-corrected chi connectivity index (χ0v) is 21.0. The van der Waals surface area contributed by atoms with Gasteiger partial charge in [-0.25, -0.2) is 4.79 Å². The number of nitrogens with one attached hydrogen (secondary N) is 1. The van der Waals surface area contributed by atoms with E-state index in [1.807, 2.05) is 31.0 Å². The molecule has 0 radical (unpaired) electrons. The number of carbonyl (C=O) groups excluding carboxylic acids is 1. The maximum atomic E-state index is 13.7. The molecule has 1 unspecified atom stereocenters. The van der Waals surface area contributed by atoms with Crippen LogP contribution in [-0.2, 0) is 19.6 Å². The molecule has 1 N–H and O–H groups in total. The van der Waals surface area contributed by atoms with Crippen molar-refractivity contribution in [3.63, 3.8) is 0 Å². The van der Waals surface area contributed by atoms with E-state index in [0.29, 0.717) is 15.7 Å². The van der Waals surface area contributed by atoms with Crippen LogP contribution in [0.1, 0.15) is 30.6 Å². The Labute approximate surface area is 215 Å². The summed E-state index contributed by atoms with van der Waals surface area (Å²) in [6, 6.07) is 7.98. The van der Waals surface area contributed by atoms with Crippen LogP contribution in [0.3, 0.4) is 0 Å². The van der Waals surface area contributed by atoms with E-state index in [9.17, 15) is 27.6 Å². The highest BCUT2D eigenvalue weighted by molar-refractivity contribution is 5.96. The second kappa shape index (κ2) is 9.66. The molecule has 1 fully saturated rings. The summed E-state index contributed by atoms with van der Waals surface area (Å²) in [5, 5.41) is 3.18. The van der Waals surface area contributed by atoms with Gasteiger partial charge in [-0.2, -0.15) is 18.2 Å². The number of anilines is 1. The standard InChI is InChI=1S/C26H27F3N6O3/c1-16(2)8-10-33-21-22(31-24(33)32-11-9-18-12-30-13-19(18)32)35(15-26(27,28)29)25(38)34(23(21)37)14-20(36)17-6-4-3-5-7-17/h3-8,13,18,30H,9-12,14-15H2,1-2H3. The molecule has 0 amide bonds. The Bertz CT molecular complexity index is 1580. The Morgan fingerprint density at radius 2 is 1.87 bits per heavy atom. The Morgan fingerprint density at radius 1 is 1.13 bits per heavy atom. The topological polar surface area (TPSA) is 94.2 Å². The van der Waals surface area contributed by atoms with Crippen LogP contribution < -0.4 is 21.5 Å². The Balaban J connectivity index is 1.76. The van der Waals surface area contributed by atoms with Crippen LogP contribution >= 0.6 is 0 Å². The van der Waals surface area contributed by atoms with Gasteiger partial charge in [0.25, 0.3) is 5.56 Å². The van der Waals surface area contributed by atoms with Crippen LogP contribution in [0.2, 0.25) is 0 Å². The summed E-state index contributed by atoms with van der Waals surface area (Å²) in [4.78, 5) is 46.3. The lowest BCUT2D eigenvalue weighted by Crippen LogP contribution is -2.44. The van der Waals surface area contributed by atoms with Gasteiger partial charge in [-0.1, -0.05) is 42.0 Å². The minimum absolute atomic E-state index is 0.155. The molecule has 200 valence electrons. The molecule has 38 heavy (non-hydrogen) atoms. The highest BCUT2D eigenvalue weighted by Crippen LogP contribution is 2.35. The van der Waals surface area contributed by atoms with Crippen molar-refractivity contribution in [1.82, 2.24) is 24.0 Å². The molecular formula is C26H27F3N6O3. The third-order valence-corrected chi connectivity index (χ3v) is 6.80. The predicted octanol–water partition coefficient (Wildman–Crippen LogP) is 3.04. The van der Waals surface area contributed by atoms with Crippen LogP contribution in [0.25, 0.3) is 11.2 Å². The van der Waals surface area contributed by atoms with E-state index in [2.05, 4.69) is 10.3 Å². The van der Waals surface area contributed by atoms with Crippen LogP contribution in [0, 0.1) is 5.92 Å². The summed E-state index contributed by atoms with van der Waals surface area (Å²) in [5.41, 5.74) is -0.495. The fourth-order valence-corrected chi connectivity index (χ4v) is 4.96. The number of imidazole rings is 1. The van der Waals surface area contributed by atoms with Gasteiger partial charge < -0.3 is 14.8 Å². The van der Waals surface area contributed by atoms with E-state index in [-0.39, 0.29) is 35.1 Å². The number of rotatable bonds is 7. The van der Waals surface area contributed by atoms with Crippen LogP contribution in [0.15, 0.2) is 63.5 Å². The van der Waals surface area contributed by atoms with Crippen LogP contribution in [0.5, 0.6) is 0 Å². The minimum Gasteiger partial charge on any atom is -0.389 e. The second-order valence-electron chi connectivity index (χ2n) is 9.76. The number of alkyl halides is 3. The van der Waals surface area contributed by atoms with E-state index in [1.165, 1.54) is 12.1 Å². The predicted molar refractivity (Wildman–Crippen MR) is 136 cm³/mol. The molecule has 2 aromatic heterocycles. The number of carbonyl (C=O) groups is 1. The smallest absolute Gasteiger partial charge is 0.389 e. The molecule has 4 heterocycles. The third kappa shape index (κ3) is 4.66. The number of nitrogens with zero attached hydrogens (tertiary/aromatic N) is 5. The SMILES string of the molecule is CC(C)=CCn1c(N2CCC3CNC=C32)nc2c1c(=O)n(CC(=O)c1ccccc1)c(=O)n2CC(F)(F)F. The van der Waals surface area contributed by atoms with Crippen molar-refractivity contribution in [2.75, 3.05) is 18.0 Å². The van der Waals surface area contributed by atoms with Gasteiger partial charge in [-0.05, 0) is 20.3 Å². The van der Waals surface area contributed by atoms with Crippen molar-refractivity contribution in [2.24, 2.45) is 5.92 Å². The average Bonchev–Trinajstić information content (AvgIpc) is 3.57. The third-order valence-electron chi connectivity index (χ3n) is 6.80. The normalized spacial score (nSPS) is 16.9. The lowest BCUT2D eigenvalue weighted by Gasteiger charge is -2.19. The molecule has 2 aliphatic rings. The van der Waals surface area contributed by atoms with Crippen LogP contribution in [0.4, 0.5) is 19.1 Å². The van der Waals surface area contributed by atoms with Gasteiger partial charge >= 0.3 is 11.9 Å². The summed E-state index contributed by atoms with van der Waals surface area (Å²) in [5.74, 6) is -0.0541. The number of hydrogen-bond donors (Lipinski definition) is 1. The second-order valence-corrected chi connectivity index (χ2v) is 9.76. The summed E-state index contributed by atoms with van der Waals surface area (Å²) >= 11 is 0. The van der Waals surface area contributed by atoms with Gasteiger partial charge in [-0.3, -0.25) is 18.7 Å². The lowest BCUT2D eigenvalue weighted by atomic mass is 10.1. The average molecular weight is 529 g/mol. The minimum atomic E-state index is -4.76. The van der Waals surface area contributed by atoms with Crippen molar-refractivity contribution in [2.45, 2.75) is 46.1 Å². The van der Waals surface area contributed by atoms with E-state index >= 15 is 0 Å². The molecule has 1 saturated heterocycles. The summed E-state index contributed by atoms with van der Waals surface area (Å²) in [7, 11) is 0. The Kier molecular flexibility index (Phi) is 6.49. The van der Waals surface area contributed by atoms with Crippen molar-refractivity contribution in [1.29, 1.82) is 0 Å². The molecule has 0 spiro atoms. The van der Waals surface area contributed by atoms with Crippen molar-refractivity contribution in [3.8, 4) is 0 Å². The zero-order chi connectivity index (χ0) is 27.2. The van der Waals surface area contributed by atoms with Gasteiger partial charge in [0, 0.05) is 43.0 Å². The molecule has 12 heteroatoms. The molecule has 9 nitrogen and oxygen atoms in total. The number of hydrogen-bond acceptors (Lipinski definition) is 6. The highest BCUT2D eigenvalue weighted by Gasteiger charge is 2.37. The summed E-state index contributed by atoms with van der Waals surface area (Å²) in [6.07, 6.45) is -0.266. The van der Waals surface area contributed by atoms with Crippen LogP contribution in [-0.4, -0.2) is 43.7 Å². The quantitative estimate of drug-likeness (QED) is 0.374. The maximum absolute atomic E-state index is 13.7. The molecule has 0 saturated carbocycles. The van der Waals surface area contributed by atoms with E-state index in [1.54, 1.807) is 22.8 Å². The van der Waals surface area contributed by atoms with E-state index in [0.717, 1.165) is 24.2 Å². The molecule has 1 aromatic carbocycles. The van der Waals surface area contributed by atoms with Crippen molar-refractivity contribution in [3.05, 3.63) is 80.3 Å². The van der Waals surface area contributed by atoms with Gasteiger partial charge in [0.05, 0.1) is 6.54 Å². The molecule has 0 bridgehead atoms. The number of fused-ring (bicyclic) bond motifs is 2. The molecule has 5 rings (SSSR count). The number of allylic oxidation sites excluding steroid dienone is 2. The first kappa shape index (κ1) is 25.6. The number of aromatic nitrogens is 4. The molecule has 3 aromatic rings. The van der Waals surface area contributed by atoms with E-state index in [4.69, 9.17) is 0 Å². The maximum Gasteiger partial charge on any atom is 0.406 e. The van der Waals surface area contributed by atoms with Gasteiger partial charge in [-0.15, -0.1) is 0 Å². The molecule has 1 atom stereocenters. The molecule has 0 aliphatic carbocycles. The fraction of sp³-hybridized carbons (Fsp3) is 0.385. The van der Waals surface area contributed by atoms with Gasteiger partial charge in [0.15, 0.2) is 16.9 Å². The number of Topliss-reactive ketones (excluding diaryl/α,β-unsaturated/α-hetero) is 1. The Hall–Kier alpha value is -4.09. The summed E-state index contributed by atoms with van der Waals surface area (Å²) < 4.78 is 43.6. The number of halogens is 3. The lowest BCUT2D eigenvalue weighted by molar-refractivity contribution is -0.140. The first-order valence-corrected chi connectivity index (χ1v) is 12.3. The number of ketones is 1.